The zero-order chi connectivity index (χ0) is 11.4. The first-order valence-corrected chi connectivity index (χ1v) is 5.92. The molecule has 2 N–H and O–H groups in total. The molecule has 0 aliphatic carbocycles. The van der Waals surface area contributed by atoms with E-state index < -0.39 is 19.3 Å². The molecule has 0 aromatic rings. The Morgan fingerprint density at radius 3 is 2.36 bits per heavy atom. The van der Waals surface area contributed by atoms with Crippen LogP contribution in [-0.4, -0.2) is 22.7 Å². The summed E-state index contributed by atoms with van der Waals surface area (Å²) < 4.78 is 20.0. The van der Waals surface area contributed by atoms with Crippen LogP contribution in [0, 0.1) is 0 Å². The first kappa shape index (κ1) is 13.4. The molecule has 7 heteroatoms. The van der Waals surface area contributed by atoms with Gasteiger partial charge in [-0.15, -0.1) is 0 Å². The van der Waals surface area contributed by atoms with Crippen LogP contribution in [0.1, 0.15) is 27.7 Å². The van der Waals surface area contributed by atoms with Crippen molar-refractivity contribution in [2.45, 2.75) is 33.3 Å². The second-order valence-corrected chi connectivity index (χ2v) is 5.74. The van der Waals surface area contributed by atoms with Gasteiger partial charge >= 0.3 is 13.7 Å². The molecule has 0 aliphatic heterocycles. The molecule has 0 saturated heterocycles. The maximum absolute atomic E-state index is 10.9. The van der Waals surface area contributed by atoms with Gasteiger partial charge in [0.1, 0.15) is 5.60 Å². The van der Waals surface area contributed by atoms with Gasteiger partial charge < -0.3 is 9.63 Å². The van der Waals surface area contributed by atoms with E-state index in [4.69, 9.17) is 9.63 Å². The lowest BCUT2D eigenvalue weighted by Gasteiger charge is -2.19. The van der Waals surface area contributed by atoms with E-state index in [9.17, 15) is 9.36 Å². The Labute approximate surface area is 83.1 Å². The standard InChI is InChI=1S/C7H16NO5P/c1-5-14(10,11)13-8-6(9)12-7(2,3)4/h5H2,1-4H3,(H,8,9)(H,10,11). The van der Waals surface area contributed by atoms with Gasteiger partial charge in [-0.25, -0.2) is 4.79 Å². The van der Waals surface area contributed by atoms with Gasteiger partial charge in [-0.05, 0) is 20.8 Å². The minimum absolute atomic E-state index is 0.0806. The van der Waals surface area contributed by atoms with Gasteiger partial charge in [0.2, 0.25) is 0 Å². The van der Waals surface area contributed by atoms with Crippen molar-refractivity contribution >= 4 is 13.7 Å². The van der Waals surface area contributed by atoms with Gasteiger partial charge in [0, 0.05) is 6.16 Å². The van der Waals surface area contributed by atoms with Gasteiger partial charge in [0.05, 0.1) is 0 Å². The van der Waals surface area contributed by atoms with Crippen LogP contribution in [0.3, 0.4) is 0 Å². The Kier molecular flexibility index (Phi) is 4.58. The maximum Gasteiger partial charge on any atom is 0.432 e. The second-order valence-electron chi connectivity index (χ2n) is 3.65. The monoisotopic (exact) mass is 225 g/mol. The largest absolute Gasteiger partial charge is 0.442 e. The summed E-state index contributed by atoms with van der Waals surface area (Å²) in [6.45, 7) is 6.48. The molecule has 0 aliphatic rings. The van der Waals surface area contributed by atoms with Crippen LogP contribution in [0.25, 0.3) is 0 Å². The van der Waals surface area contributed by atoms with Crippen LogP contribution in [-0.2, 0) is 13.9 Å². The highest BCUT2D eigenvalue weighted by Gasteiger charge is 2.21. The summed E-state index contributed by atoms with van der Waals surface area (Å²) in [5.74, 6) is 0. The highest BCUT2D eigenvalue weighted by molar-refractivity contribution is 7.52. The molecular weight excluding hydrogens is 209 g/mol. The first-order chi connectivity index (χ1) is 6.16. The normalized spacial score (nSPS) is 15.8. The van der Waals surface area contributed by atoms with Gasteiger partial charge in [0.15, 0.2) is 0 Å². The molecule has 0 radical (unpaired) electrons. The van der Waals surface area contributed by atoms with E-state index in [0.29, 0.717) is 0 Å². The van der Waals surface area contributed by atoms with E-state index in [1.165, 1.54) is 6.92 Å². The van der Waals surface area contributed by atoms with Gasteiger partial charge in [-0.3, -0.25) is 4.57 Å². The molecule has 14 heavy (non-hydrogen) atoms. The quantitative estimate of drug-likeness (QED) is 0.563. The first-order valence-electron chi connectivity index (χ1n) is 4.15. The molecule has 0 saturated carbocycles. The fourth-order valence-corrected chi connectivity index (χ4v) is 0.818. The van der Waals surface area contributed by atoms with Crippen LogP contribution < -0.4 is 5.48 Å². The summed E-state index contributed by atoms with van der Waals surface area (Å²) in [5, 5.41) is 0. The summed E-state index contributed by atoms with van der Waals surface area (Å²) in [6.07, 6.45) is -0.969. The molecule has 1 atom stereocenters. The van der Waals surface area contributed by atoms with Crippen molar-refractivity contribution < 1.29 is 23.6 Å². The number of hydroxylamine groups is 1. The number of amides is 1. The average Bonchev–Trinajstić information content (AvgIpc) is 1.98. The van der Waals surface area contributed by atoms with Crippen molar-refractivity contribution in [3.8, 4) is 0 Å². The zero-order valence-corrected chi connectivity index (χ0v) is 9.63. The average molecular weight is 225 g/mol. The topological polar surface area (TPSA) is 84.9 Å². The van der Waals surface area contributed by atoms with Gasteiger partial charge in [-0.2, -0.15) is 10.1 Å². The Hall–Kier alpha value is -0.580. The third-order valence-corrected chi connectivity index (χ3v) is 2.25. The molecule has 0 aromatic carbocycles. The van der Waals surface area contributed by atoms with Crippen molar-refractivity contribution in [2.75, 3.05) is 6.16 Å². The Morgan fingerprint density at radius 2 is 2.00 bits per heavy atom. The Bertz CT molecular complexity index is 247. The lowest BCUT2D eigenvalue weighted by atomic mass is 10.2. The minimum atomic E-state index is -3.70. The highest BCUT2D eigenvalue weighted by atomic mass is 31.2. The van der Waals surface area contributed by atoms with E-state index in [2.05, 4.69) is 4.62 Å². The molecule has 0 rings (SSSR count). The van der Waals surface area contributed by atoms with E-state index in [0.717, 1.165) is 0 Å². The van der Waals surface area contributed by atoms with E-state index >= 15 is 0 Å². The number of carbonyl (C=O) groups excluding carboxylic acids is 1. The minimum Gasteiger partial charge on any atom is -0.442 e. The molecule has 1 unspecified atom stereocenters. The molecule has 0 aromatic heterocycles. The summed E-state index contributed by atoms with van der Waals surface area (Å²) in [7, 11) is -3.70. The fraction of sp³-hybridized carbons (Fsp3) is 0.857. The Morgan fingerprint density at radius 1 is 1.50 bits per heavy atom. The van der Waals surface area contributed by atoms with E-state index in [1.807, 2.05) is 0 Å². The molecule has 0 spiro atoms. The Balaban J connectivity index is 3.93. The van der Waals surface area contributed by atoms with Crippen LogP contribution in [0.4, 0.5) is 4.79 Å². The predicted octanol–water partition coefficient (Wildman–Crippen LogP) is 1.65. The van der Waals surface area contributed by atoms with Gasteiger partial charge in [-0.1, -0.05) is 6.92 Å². The van der Waals surface area contributed by atoms with Crippen molar-refractivity contribution in [3.63, 3.8) is 0 Å². The fourth-order valence-electron chi connectivity index (χ4n) is 0.472. The number of ether oxygens (including phenoxy) is 1. The van der Waals surface area contributed by atoms with Crippen molar-refractivity contribution in [3.05, 3.63) is 0 Å². The molecular formula is C7H16NO5P. The second kappa shape index (κ2) is 4.77. The number of nitrogens with one attached hydrogen (secondary N) is 1. The molecule has 0 heterocycles. The smallest absolute Gasteiger partial charge is 0.432 e. The third-order valence-electron chi connectivity index (χ3n) is 1.07. The summed E-state index contributed by atoms with van der Waals surface area (Å²) in [5.41, 5.74) is 1.09. The lowest BCUT2D eigenvalue weighted by molar-refractivity contribution is 0.0263. The van der Waals surface area contributed by atoms with Gasteiger partial charge in [0.25, 0.3) is 0 Å². The zero-order valence-electron chi connectivity index (χ0n) is 8.73. The molecule has 1 amide bonds. The summed E-state index contributed by atoms with van der Waals surface area (Å²) in [6, 6.07) is 0. The maximum atomic E-state index is 10.9. The SMILES string of the molecule is CCP(=O)(O)ONC(=O)OC(C)(C)C. The lowest BCUT2D eigenvalue weighted by Crippen LogP contribution is -2.32. The summed E-state index contributed by atoms with van der Waals surface area (Å²) >= 11 is 0. The van der Waals surface area contributed by atoms with E-state index in [-0.39, 0.29) is 6.16 Å². The molecule has 6 nitrogen and oxygen atoms in total. The molecule has 0 bridgehead atoms. The van der Waals surface area contributed by atoms with Crippen molar-refractivity contribution in [1.82, 2.24) is 5.48 Å². The molecule has 84 valence electrons. The highest BCUT2D eigenvalue weighted by Crippen LogP contribution is 2.39. The van der Waals surface area contributed by atoms with Crippen molar-refractivity contribution in [1.29, 1.82) is 0 Å². The van der Waals surface area contributed by atoms with Crippen molar-refractivity contribution in [2.24, 2.45) is 0 Å². The van der Waals surface area contributed by atoms with E-state index in [1.54, 1.807) is 26.3 Å². The number of hydrogen-bond donors (Lipinski definition) is 2. The van der Waals surface area contributed by atoms with Crippen LogP contribution in [0.15, 0.2) is 0 Å². The number of rotatable bonds is 3. The molecule has 0 fully saturated rings. The number of hydrogen-bond acceptors (Lipinski definition) is 4. The number of carbonyl (C=O) groups is 1. The van der Waals surface area contributed by atoms with Crippen LogP contribution >= 0.6 is 7.60 Å². The summed E-state index contributed by atoms with van der Waals surface area (Å²) in [4.78, 5) is 19.9. The van der Waals surface area contributed by atoms with Crippen LogP contribution in [0.2, 0.25) is 0 Å². The predicted molar refractivity (Wildman–Crippen MR) is 50.8 cm³/mol. The third kappa shape index (κ3) is 6.88. The van der Waals surface area contributed by atoms with Crippen LogP contribution in [0.5, 0.6) is 0 Å².